The summed E-state index contributed by atoms with van der Waals surface area (Å²) in [7, 11) is 0. The highest BCUT2D eigenvalue weighted by Crippen LogP contribution is 2.37. The second-order valence-electron chi connectivity index (χ2n) is 4.77. The van der Waals surface area contributed by atoms with E-state index in [2.05, 4.69) is 15.9 Å². The number of aliphatic hydroxyl groups is 1. The average Bonchev–Trinajstić information content (AvgIpc) is 2.95. The van der Waals surface area contributed by atoms with Crippen LogP contribution in [-0.4, -0.2) is 31.0 Å². The Morgan fingerprint density at radius 3 is 2.90 bits per heavy atom. The van der Waals surface area contributed by atoms with Gasteiger partial charge in [0.25, 0.3) is 0 Å². The summed E-state index contributed by atoms with van der Waals surface area (Å²) in [5.41, 5.74) is 0.798. The van der Waals surface area contributed by atoms with Crippen LogP contribution in [0.5, 0.6) is 11.5 Å². The molecule has 1 aliphatic heterocycles. The summed E-state index contributed by atoms with van der Waals surface area (Å²) in [6, 6.07) is 3.67. The zero-order valence-corrected chi connectivity index (χ0v) is 13.3. The van der Waals surface area contributed by atoms with Crippen LogP contribution in [0.1, 0.15) is 31.7 Å². The Hall–Kier alpha value is -0.780. The maximum atomic E-state index is 9.23. The Morgan fingerprint density at radius 1 is 1.40 bits per heavy atom. The molecule has 0 bridgehead atoms. The van der Waals surface area contributed by atoms with Gasteiger partial charge in [-0.1, -0.05) is 0 Å². The van der Waals surface area contributed by atoms with Crippen molar-refractivity contribution in [1.29, 1.82) is 0 Å². The third kappa shape index (κ3) is 4.11. The Kier molecular flexibility index (Phi) is 6.13. The van der Waals surface area contributed by atoms with Crippen LogP contribution < -0.4 is 9.47 Å². The molecule has 1 aromatic carbocycles. The third-order valence-electron chi connectivity index (χ3n) is 3.26. The van der Waals surface area contributed by atoms with Crippen molar-refractivity contribution >= 4 is 15.9 Å². The second-order valence-corrected chi connectivity index (χ2v) is 5.62. The van der Waals surface area contributed by atoms with Gasteiger partial charge in [0.15, 0.2) is 11.5 Å². The van der Waals surface area contributed by atoms with Crippen LogP contribution in [0.4, 0.5) is 0 Å². The lowest BCUT2D eigenvalue weighted by atomic mass is 10.2. The number of benzene rings is 1. The van der Waals surface area contributed by atoms with Gasteiger partial charge in [0.05, 0.1) is 30.4 Å². The molecule has 4 nitrogen and oxygen atoms in total. The molecular formula is C15H21BrO4. The lowest BCUT2D eigenvalue weighted by Crippen LogP contribution is -2.11. The van der Waals surface area contributed by atoms with Gasteiger partial charge < -0.3 is 19.3 Å². The summed E-state index contributed by atoms with van der Waals surface area (Å²) in [6.45, 7) is 3.93. The van der Waals surface area contributed by atoms with Gasteiger partial charge in [-0.2, -0.15) is 0 Å². The van der Waals surface area contributed by atoms with Crippen molar-refractivity contribution in [3.8, 4) is 11.5 Å². The lowest BCUT2D eigenvalue weighted by molar-refractivity contribution is 0.0896. The van der Waals surface area contributed by atoms with E-state index in [0.29, 0.717) is 30.8 Å². The van der Waals surface area contributed by atoms with Gasteiger partial charge in [-0.25, -0.2) is 0 Å². The minimum Gasteiger partial charge on any atom is -0.490 e. The zero-order chi connectivity index (χ0) is 14.4. The van der Waals surface area contributed by atoms with Gasteiger partial charge in [-0.05, 0) is 53.4 Å². The molecule has 1 heterocycles. The Balaban J connectivity index is 2.00. The quantitative estimate of drug-likeness (QED) is 0.824. The normalized spacial score (nSPS) is 18.2. The molecule has 1 atom stereocenters. The third-order valence-corrected chi connectivity index (χ3v) is 3.85. The number of hydrogen-bond acceptors (Lipinski definition) is 4. The lowest BCUT2D eigenvalue weighted by Gasteiger charge is -2.16. The highest BCUT2D eigenvalue weighted by atomic mass is 79.9. The molecule has 0 aliphatic carbocycles. The topological polar surface area (TPSA) is 47.9 Å². The van der Waals surface area contributed by atoms with Crippen molar-refractivity contribution in [1.82, 2.24) is 0 Å². The van der Waals surface area contributed by atoms with Crippen molar-refractivity contribution in [2.75, 3.05) is 19.8 Å². The van der Waals surface area contributed by atoms with Gasteiger partial charge in [-0.3, -0.25) is 0 Å². The maximum absolute atomic E-state index is 9.23. The summed E-state index contributed by atoms with van der Waals surface area (Å²) in [5.74, 6) is 1.36. The SMILES string of the molecule is CCOc1cc(CO)cc(Br)c1OCCC1CCCO1. The van der Waals surface area contributed by atoms with E-state index in [4.69, 9.17) is 14.2 Å². The highest BCUT2D eigenvalue weighted by Gasteiger charge is 2.17. The van der Waals surface area contributed by atoms with Gasteiger partial charge in [0, 0.05) is 13.0 Å². The van der Waals surface area contributed by atoms with Crippen LogP contribution in [0.2, 0.25) is 0 Å². The van der Waals surface area contributed by atoms with Crippen LogP contribution in [-0.2, 0) is 11.3 Å². The molecular weight excluding hydrogens is 324 g/mol. The fraction of sp³-hybridized carbons (Fsp3) is 0.600. The first kappa shape index (κ1) is 15.6. The summed E-state index contributed by atoms with van der Waals surface area (Å²) in [6.07, 6.45) is 3.47. The molecule has 1 aromatic rings. The summed E-state index contributed by atoms with van der Waals surface area (Å²) < 4.78 is 17.8. The van der Waals surface area contributed by atoms with E-state index in [1.54, 1.807) is 0 Å². The summed E-state index contributed by atoms with van der Waals surface area (Å²) >= 11 is 3.48. The van der Waals surface area contributed by atoms with Crippen molar-refractivity contribution in [3.63, 3.8) is 0 Å². The first-order chi connectivity index (χ1) is 9.74. The van der Waals surface area contributed by atoms with Gasteiger partial charge >= 0.3 is 0 Å². The minimum atomic E-state index is -0.0190. The fourth-order valence-corrected chi connectivity index (χ4v) is 2.88. The van der Waals surface area contributed by atoms with Gasteiger partial charge in [-0.15, -0.1) is 0 Å². The van der Waals surface area contributed by atoms with Crippen LogP contribution in [0.25, 0.3) is 0 Å². The van der Waals surface area contributed by atoms with E-state index in [0.717, 1.165) is 35.9 Å². The first-order valence-corrected chi connectivity index (χ1v) is 7.84. The van der Waals surface area contributed by atoms with Crippen molar-refractivity contribution in [3.05, 3.63) is 22.2 Å². The van der Waals surface area contributed by atoms with E-state index in [9.17, 15) is 5.11 Å². The summed E-state index contributed by atoms with van der Waals surface area (Å²) in [5, 5.41) is 9.23. The molecule has 20 heavy (non-hydrogen) atoms. The number of aliphatic hydroxyl groups excluding tert-OH is 1. The van der Waals surface area contributed by atoms with Crippen LogP contribution >= 0.6 is 15.9 Å². The van der Waals surface area contributed by atoms with E-state index >= 15 is 0 Å². The molecule has 1 N–H and O–H groups in total. The molecule has 2 rings (SSSR count). The zero-order valence-electron chi connectivity index (χ0n) is 11.7. The number of halogens is 1. The summed E-state index contributed by atoms with van der Waals surface area (Å²) in [4.78, 5) is 0. The second kappa shape index (κ2) is 7.86. The van der Waals surface area contributed by atoms with Crippen LogP contribution in [0.15, 0.2) is 16.6 Å². The first-order valence-electron chi connectivity index (χ1n) is 7.05. The van der Waals surface area contributed by atoms with Crippen molar-refractivity contribution in [2.45, 2.75) is 38.9 Å². The molecule has 1 aliphatic rings. The average molecular weight is 345 g/mol. The molecule has 112 valence electrons. The van der Waals surface area contributed by atoms with Gasteiger partial charge in [0.2, 0.25) is 0 Å². The number of hydrogen-bond donors (Lipinski definition) is 1. The highest BCUT2D eigenvalue weighted by molar-refractivity contribution is 9.10. The predicted octanol–water partition coefficient (Wildman–Crippen LogP) is 3.29. The molecule has 0 saturated carbocycles. The molecule has 1 fully saturated rings. The van der Waals surface area contributed by atoms with Crippen LogP contribution in [0.3, 0.4) is 0 Å². The molecule has 0 radical (unpaired) electrons. The Labute approximate surface area is 128 Å². The largest absolute Gasteiger partial charge is 0.490 e. The monoisotopic (exact) mass is 344 g/mol. The minimum absolute atomic E-state index is 0.0190. The number of rotatable bonds is 7. The molecule has 1 unspecified atom stereocenters. The van der Waals surface area contributed by atoms with E-state index in [1.165, 1.54) is 0 Å². The standard InChI is InChI=1S/C15H21BrO4/c1-2-18-14-9-11(10-17)8-13(16)15(14)20-7-5-12-4-3-6-19-12/h8-9,12,17H,2-7,10H2,1H3. The fourth-order valence-electron chi connectivity index (χ4n) is 2.28. The predicted molar refractivity (Wildman–Crippen MR) is 80.3 cm³/mol. The van der Waals surface area contributed by atoms with E-state index in [-0.39, 0.29) is 6.61 Å². The Morgan fingerprint density at radius 2 is 2.25 bits per heavy atom. The van der Waals surface area contributed by atoms with Crippen molar-refractivity contribution in [2.24, 2.45) is 0 Å². The molecule has 0 spiro atoms. The molecule has 0 aromatic heterocycles. The van der Waals surface area contributed by atoms with E-state index < -0.39 is 0 Å². The molecule has 5 heteroatoms. The number of ether oxygens (including phenoxy) is 3. The molecule has 0 amide bonds. The van der Waals surface area contributed by atoms with Crippen molar-refractivity contribution < 1.29 is 19.3 Å². The van der Waals surface area contributed by atoms with Gasteiger partial charge in [0.1, 0.15) is 0 Å². The van der Waals surface area contributed by atoms with E-state index in [1.807, 2.05) is 19.1 Å². The molecule has 1 saturated heterocycles. The van der Waals surface area contributed by atoms with Crippen LogP contribution in [0, 0.1) is 0 Å². The maximum Gasteiger partial charge on any atom is 0.175 e. The smallest absolute Gasteiger partial charge is 0.175 e. The Bertz CT molecular complexity index is 430.